The van der Waals surface area contributed by atoms with E-state index in [2.05, 4.69) is 32.7 Å². The Balaban J connectivity index is 1.97. The summed E-state index contributed by atoms with van der Waals surface area (Å²) in [7, 11) is 0. The number of likely N-dealkylation sites (N-methyl/N-ethyl adjacent to an activating group) is 1. The van der Waals surface area contributed by atoms with Gasteiger partial charge < -0.3 is 9.32 Å². The minimum absolute atomic E-state index is 0.0303. The van der Waals surface area contributed by atoms with E-state index in [9.17, 15) is 4.79 Å². The molecule has 0 fully saturated rings. The van der Waals surface area contributed by atoms with Gasteiger partial charge in [-0.15, -0.1) is 10.2 Å². The molecular formula is C16H18BrN3O2S. The molecule has 0 aliphatic rings. The highest BCUT2D eigenvalue weighted by molar-refractivity contribution is 9.10. The van der Waals surface area contributed by atoms with Crippen molar-refractivity contribution < 1.29 is 9.21 Å². The molecule has 2 aromatic rings. The van der Waals surface area contributed by atoms with Crippen molar-refractivity contribution in [3.8, 4) is 11.5 Å². The maximum atomic E-state index is 12.2. The quantitative estimate of drug-likeness (QED) is 0.523. The topological polar surface area (TPSA) is 59.2 Å². The number of thioether (sulfide) groups is 1. The summed E-state index contributed by atoms with van der Waals surface area (Å²) >= 11 is 4.65. The van der Waals surface area contributed by atoms with Crippen molar-refractivity contribution in [2.45, 2.75) is 19.1 Å². The van der Waals surface area contributed by atoms with Gasteiger partial charge in [0.2, 0.25) is 11.8 Å². The van der Waals surface area contributed by atoms with Gasteiger partial charge in [0.05, 0.1) is 5.75 Å². The van der Waals surface area contributed by atoms with Crippen LogP contribution in [0.15, 0.2) is 50.5 Å². The Labute approximate surface area is 148 Å². The summed E-state index contributed by atoms with van der Waals surface area (Å²) in [6.07, 6.45) is 0. The molecule has 0 radical (unpaired) electrons. The van der Waals surface area contributed by atoms with Crippen LogP contribution in [0, 0.1) is 0 Å². The lowest BCUT2D eigenvalue weighted by molar-refractivity contribution is -0.127. The monoisotopic (exact) mass is 395 g/mol. The van der Waals surface area contributed by atoms with Crippen LogP contribution in [0.3, 0.4) is 0 Å². The molecule has 2 rings (SSSR count). The van der Waals surface area contributed by atoms with E-state index in [0.717, 1.165) is 15.6 Å². The van der Waals surface area contributed by atoms with Crippen LogP contribution in [-0.4, -0.2) is 39.8 Å². The summed E-state index contributed by atoms with van der Waals surface area (Å²) in [5.74, 6) is 0.736. The minimum atomic E-state index is 0.0303. The normalized spacial score (nSPS) is 10.6. The highest BCUT2D eigenvalue weighted by atomic mass is 79.9. The molecule has 0 N–H and O–H groups in total. The zero-order chi connectivity index (χ0) is 16.8. The summed E-state index contributed by atoms with van der Waals surface area (Å²) in [4.78, 5) is 13.9. The predicted molar refractivity (Wildman–Crippen MR) is 95.2 cm³/mol. The van der Waals surface area contributed by atoms with Gasteiger partial charge in [-0.25, -0.2) is 0 Å². The van der Waals surface area contributed by atoms with Crippen molar-refractivity contribution in [2.24, 2.45) is 0 Å². The molecule has 23 heavy (non-hydrogen) atoms. The number of carbonyl (C=O) groups is 1. The minimum Gasteiger partial charge on any atom is -0.411 e. The number of aromatic nitrogens is 2. The van der Waals surface area contributed by atoms with E-state index in [0.29, 0.717) is 24.2 Å². The Kier molecular flexibility index (Phi) is 6.41. The summed E-state index contributed by atoms with van der Waals surface area (Å²) in [5, 5.41) is 8.39. The number of nitrogens with zero attached hydrogens (tertiary/aromatic N) is 3. The Morgan fingerprint density at radius 1 is 1.43 bits per heavy atom. The summed E-state index contributed by atoms with van der Waals surface area (Å²) in [6, 6.07) is 7.62. The largest absolute Gasteiger partial charge is 0.411 e. The van der Waals surface area contributed by atoms with Gasteiger partial charge in [0.15, 0.2) is 0 Å². The van der Waals surface area contributed by atoms with E-state index >= 15 is 0 Å². The average Bonchev–Trinajstić information content (AvgIpc) is 2.99. The van der Waals surface area contributed by atoms with Crippen LogP contribution >= 0.6 is 27.7 Å². The summed E-state index contributed by atoms with van der Waals surface area (Å²) in [5.41, 5.74) is 1.79. The fourth-order valence-electron chi connectivity index (χ4n) is 1.92. The zero-order valence-corrected chi connectivity index (χ0v) is 15.5. The lowest BCUT2D eigenvalue weighted by Gasteiger charge is -2.20. The lowest BCUT2D eigenvalue weighted by Crippen LogP contribution is -2.33. The third kappa shape index (κ3) is 5.21. The number of halogens is 1. The first-order chi connectivity index (χ1) is 11.0. The molecule has 0 bridgehead atoms. The third-order valence-electron chi connectivity index (χ3n) is 2.99. The van der Waals surface area contributed by atoms with E-state index in [-0.39, 0.29) is 11.7 Å². The molecule has 0 saturated carbocycles. The first kappa shape index (κ1) is 17.7. The van der Waals surface area contributed by atoms with Gasteiger partial charge in [-0.05, 0) is 32.0 Å². The van der Waals surface area contributed by atoms with E-state index < -0.39 is 0 Å². The molecule has 122 valence electrons. The lowest BCUT2D eigenvalue weighted by atomic mass is 10.2. The van der Waals surface area contributed by atoms with Crippen molar-refractivity contribution in [3.05, 3.63) is 40.9 Å². The van der Waals surface area contributed by atoms with Crippen LogP contribution in [0.1, 0.15) is 13.8 Å². The highest BCUT2D eigenvalue weighted by Gasteiger charge is 2.15. The average molecular weight is 396 g/mol. The Morgan fingerprint density at radius 3 is 2.87 bits per heavy atom. The summed E-state index contributed by atoms with van der Waals surface area (Å²) < 4.78 is 6.54. The van der Waals surface area contributed by atoms with Crippen molar-refractivity contribution in [3.63, 3.8) is 0 Å². The van der Waals surface area contributed by atoms with E-state index in [1.807, 2.05) is 38.1 Å². The number of rotatable bonds is 7. The van der Waals surface area contributed by atoms with Gasteiger partial charge in [0.1, 0.15) is 0 Å². The number of carbonyl (C=O) groups excluding carboxylic acids is 1. The van der Waals surface area contributed by atoms with Crippen molar-refractivity contribution in [1.29, 1.82) is 0 Å². The van der Waals surface area contributed by atoms with Gasteiger partial charge in [-0.2, -0.15) is 0 Å². The fraction of sp³-hybridized carbons (Fsp3) is 0.312. The number of hydrogen-bond donors (Lipinski definition) is 0. The van der Waals surface area contributed by atoms with Crippen molar-refractivity contribution in [1.82, 2.24) is 15.1 Å². The number of hydrogen-bond acceptors (Lipinski definition) is 5. The molecule has 0 spiro atoms. The zero-order valence-electron chi connectivity index (χ0n) is 13.1. The van der Waals surface area contributed by atoms with Crippen LogP contribution in [0.4, 0.5) is 0 Å². The molecule has 1 aromatic heterocycles. The van der Waals surface area contributed by atoms with Gasteiger partial charge in [-0.3, -0.25) is 4.79 Å². The van der Waals surface area contributed by atoms with Crippen LogP contribution in [0.5, 0.6) is 0 Å². The molecule has 0 aliphatic carbocycles. The molecule has 0 saturated heterocycles. The molecular weight excluding hydrogens is 378 g/mol. The summed E-state index contributed by atoms with van der Waals surface area (Å²) in [6.45, 7) is 8.92. The van der Waals surface area contributed by atoms with E-state index in [4.69, 9.17) is 4.42 Å². The van der Waals surface area contributed by atoms with Crippen LogP contribution in [0.2, 0.25) is 0 Å². The van der Waals surface area contributed by atoms with Crippen molar-refractivity contribution >= 4 is 33.6 Å². The Morgan fingerprint density at radius 2 is 2.22 bits per heavy atom. The van der Waals surface area contributed by atoms with Crippen LogP contribution in [-0.2, 0) is 4.79 Å². The molecule has 0 atom stereocenters. The molecule has 1 amide bonds. The molecule has 5 nitrogen and oxygen atoms in total. The van der Waals surface area contributed by atoms with Gasteiger partial charge in [-0.1, -0.05) is 45.9 Å². The van der Waals surface area contributed by atoms with E-state index in [1.165, 1.54) is 11.8 Å². The highest BCUT2D eigenvalue weighted by Crippen LogP contribution is 2.25. The van der Waals surface area contributed by atoms with E-state index in [1.54, 1.807) is 4.90 Å². The Bertz CT molecular complexity index is 702. The molecule has 7 heteroatoms. The first-order valence-corrected chi connectivity index (χ1v) is 8.92. The first-order valence-electron chi connectivity index (χ1n) is 7.14. The van der Waals surface area contributed by atoms with Gasteiger partial charge in [0, 0.05) is 23.1 Å². The molecule has 1 aromatic carbocycles. The van der Waals surface area contributed by atoms with Gasteiger partial charge >= 0.3 is 0 Å². The maximum absolute atomic E-state index is 12.2. The second-order valence-electron chi connectivity index (χ2n) is 5.04. The third-order valence-corrected chi connectivity index (χ3v) is 4.29. The predicted octanol–water partition coefficient (Wildman–Crippen LogP) is 4.02. The molecule has 1 heterocycles. The fourth-order valence-corrected chi connectivity index (χ4v) is 2.99. The van der Waals surface area contributed by atoms with Crippen LogP contribution in [0.25, 0.3) is 11.5 Å². The Hall–Kier alpha value is -1.60. The number of amides is 1. The second-order valence-corrected chi connectivity index (χ2v) is 6.88. The second kappa shape index (κ2) is 8.31. The smallest absolute Gasteiger partial charge is 0.277 e. The SMILES string of the molecule is C=C(C)CN(CC)C(=O)CSc1nnc(-c2cccc(Br)c2)o1. The van der Waals surface area contributed by atoms with Crippen LogP contribution < -0.4 is 0 Å². The van der Waals surface area contributed by atoms with Crippen molar-refractivity contribution in [2.75, 3.05) is 18.8 Å². The molecule has 0 aliphatic heterocycles. The van der Waals surface area contributed by atoms with Gasteiger partial charge in [0.25, 0.3) is 5.22 Å². The maximum Gasteiger partial charge on any atom is 0.277 e. The number of benzene rings is 1. The molecule has 0 unspecified atom stereocenters. The standard InChI is InChI=1S/C16H18BrN3O2S/c1-4-20(9-11(2)3)14(21)10-23-16-19-18-15(22-16)12-6-5-7-13(17)8-12/h5-8H,2,4,9-10H2,1,3H3.